The van der Waals surface area contributed by atoms with Crippen LogP contribution in [0.1, 0.15) is 25.1 Å². The van der Waals surface area contributed by atoms with Crippen LogP contribution >= 0.6 is 0 Å². The molecule has 0 radical (unpaired) electrons. The largest absolute Gasteiger partial charge is 0.432 e. The van der Waals surface area contributed by atoms with Crippen molar-refractivity contribution in [1.29, 1.82) is 0 Å². The lowest BCUT2D eigenvalue weighted by molar-refractivity contribution is -0.0411. The van der Waals surface area contributed by atoms with Crippen LogP contribution in [0.25, 0.3) is 22.2 Å². The lowest BCUT2D eigenvalue weighted by Crippen LogP contribution is -2.32. The molecule has 0 saturated carbocycles. The van der Waals surface area contributed by atoms with Crippen LogP contribution in [0.4, 0.5) is 5.82 Å². The lowest BCUT2D eigenvalue weighted by Gasteiger charge is -2.30. The van der Waals surface area contributed by atoms with Gasteiger partial charge in [-0.05, 0) is 19.9 Å². The Labute approximate surface area is 150 Å². The molecule has 8 heteroatoms. The molecule has 0 atom stereocenters. The summed E-state index contributed by atoms with van der Waals surface area (Å²) in [6, 6.07) is 2.03. The fourth-order valence-electron chi connectivity index (χ4n) is 3.36. The highest BCUT2D eigenvalue weighted by Crippen LogP contribution is 2.35. The van der Waals surface area contributed by atoms with Gasteiger partial charge in [0, 0.05) is 25.1 Å². The molecule has 26 heavy (non-hydrogen) atoms. The summed E-state index contributed by atoms with van der Waals surface area (Å²) in [6.45, 7) is 5.19. The summed E-state index contributed by atoms with van der Waals surface area (Å²) in [6.07, 6.45) is 2.18. The maximum Gasteiger partial charge on any atom is 0.229 e. The molecule has 0 saturated heterocycles. The van der Waals surface area contributed by atoms with Crippen LogP contribution in [0.2, 0.25) is 0 Å². The van der Waals surface area contributed by atoms with Gasteiger partial charge in [0.2, 0.25) is 5.71 Å². The van der Waals surface area contributed by atoms with E-state index in [4.69, 9.17) is 14.1 Å². The number of aromatic nitrogens is 3. The van der Waals surface area contributed by atoms with Crippen molar-refractivity contribution >= 4 is 28.0 Å². The van der Waals surface area contributed by atoms with Crippen LogP contribution in [0.5, 0.6) is 0 Å². The minimum atomic E-state index is -0.246. The number of pyridine rings is 1. The van der Waals surface area contributed by atoms with Crippen molar-refractivity contribution in [3.8, 4) is 0 Å². The van der Waals surface area contributed by atoms with Gasteiger partial charge in [0.15, 0.2) is 11.4 Å². The zero-order chi connectivity index (χ0) is 18.3. The Morgan fingerprint density at radius 3 is 2.69 bits per heavy atom. The minimum Gasteiger partial charge on any atom is -0.432 e. The van der Waals surface area contributed by atoms with Crippen molar-refractivity contribution in [2.45, 2.75) is 32.5 Å². The minimum absolute atomic E-state index is 0.0509. The van der Waals surface area contributed by atoms with E-state index in [9.17, 15) is 10.2 Å². The van der Waals surface area contributed by atoms with Gasteiger partial charge in [-0.25, -0.2) is 15.0 Å². The van der Waals surface area contributed by atoms with Crippen molar-refractivity contribution in [1.82, 2.24) is 15.0 Å². The van der Waals surface area contributed by atoms with Gasteiger partial charge in [0.25, 0.3) is 0 Å². The number of ether oxygens (including phenoxy) is 1. The zero-order valence-corrected chi connectivity index (χ0v) is 14.9. The second kappa shape index (κ2) is 6.46. The summed E-state index contributed by atoms with van der Waals surface area (Å²) in [5, 5.41) is 19.4. The van der Waals surface area contributed by atoms with Crippen LogP contribution in [-0.4, -0.2) is 57.1 Å². The molecule has 0 fully saturated rings. The van der Waals surface area contributed by atoms with Gasteiger partial charge >= 0.3 is 0 Å². The fraction of sp³-hybridized carbons (Fsp3) is 0.500. The van der Waals surface area contributed by atoms with Crippen LogP contribution in [0.15, 0.2) is 16.8 Å². The van der Waals surface area contributed by atoms with Crippen LogP contribution in [0.3, 0.4) is 0 Å². The quantitative estimate of drug-likeness (QED) is 0.705. The first-order valence-corrected chi connectivity index (χ1v) is 8.69. The fourth-order valence-corrected chi connectivity index (χ4v) is 3.36. The summed E-state index contributed by atoms with van der Waals surface area (Å²) < 4.78 is 11.9. The molecule has 3 aromatic heterocycles. The summed E-state index contributed by atoms with van der Waals surface area (Å²) in [7, 11) is 0. The van der Waals surface area contributed by atoms with E-state index in [2.05, 4.69) is 9.97 Å². The Morgan fingerprint density at radius 2 is 1.96 bits per heavy atom. The number of furan rings is 1. The van der Waals surface area contributed by atoms with E-state index in [0.29, 0.717) is 42.3 Å². The SMILES string of the molecule is CC1(C)Cc2nc3oc4c(N(CCO)CCO)ncnc4c3cc2CO1. The molecule has 0 aromatic carbocycles. The van der Waals surface area contributed by atoms with Crippen LogP contribution in [0, 0.1) is 0 Å². The van der Waals surface area contributed by atoms with E-state index in [1.54, 1.807) is 4.90 Å². The molecule has 8 nitrogen and oxygen atoms in total. The molecule has 0 bridgehead atoms. The van der Waals surface area contributed by atoms with Gasteiger partial charge < -0.3 is 24.3 Å². The van der Waals surface area contributed by atoms with E-state index >= 15 is 0 Å². The van der Waals surface area contributed by atoms with Gasteiger partial charge in [0.1, 0.15) is 11.8 Å². The first-order chi connectivity index (χ1) is 12.5. The summed E-state index contributed by atoms with van der Waals surface area (Å²) >= 11 is 0. The highest BCUT2D eigenvalue weighted by atomic mass is 16.5. The number of aliphatic hydroxyl groups excluding tert-OH is 2. The Morgan fingerprint density at radius 1 is 1.19 bits per heavy atom. The second-order valence-corrected chi connectivity index (χ2v) is 7.08. The number of fused-ring (bicyclic) bond motifs is 4. The second-order valence-electron chi connectivity index (χ2n) is 7.08. The summed E-state index contributed by atoms with van der Waals surface area (Å²) in [5.74, 6) is 0.547. The Bertz CT molecular complexity index is 947. The highest BCUT2D eigenvalue weighted by molar-refractivity contribution is 6.04. The molecule has 3 aromatic rings. The Balaban J connectivity index is 1.87. The van der Waals surface area contributed by atoms with E-state index in [1.807, 2.05) is 19.9 Å². The van der Waals surface area contributed by atoms with E-state index in [1.165, 1.54) is 6.33 Å². The molecular formula is C18H22N4O4. The van der Waals surface area contributed by atoms with Gasteiger partial charge in [-0.15, -0.1) is 0 Å². The molecule has 0 amide bonds. The van der Waals surface area contributed by atoms with Crippen LogP contribution < -0.4 is 4.90 Å². The third kappa shape index (κ3) is 2.90. The number of hydrogen-bond donors (Lipinski definition) is 2. The molecular weight excluding hydrogens is 336 g/mol. The molecule has 4 heterocycles. The third-order valence-electron chi connectivity index (χ3n) is 4.65. The molecule has 4 rings (SSSR count). The molecule has 1 aliphatic heterocycles. The predicted molar refractivity (Wildman–Crippen MR) is 96.1 cm³/mol. The van der Waals surface area contributed by atoms with Crippen molar-refractivity contribution in [2.24, 2.45) is 0 Å². The number of anilines is 1. The first-order valence-electron chi connectivity index (χ1n) is 8.69. The smallest absolute Gasteiger partial charge is 0.229 e. The number of aliphatic hydroxyl groups is 2. The average Bonchev–Trinajstić information content (AvgIpc) is 2.96. The number of rotatable bonds is 5. The molecule has 138 valence electrons. The van der Waals surface area contributed by atoms with Gasteiger partial charge in [-0.3, -0.25) is 0 Å². The maximum atomic E-state index is 9.31. The molecule has 1 aliphatic rings. The van der Waals surface area contributed by atoms with E-state index in [-0.39, 0.29) is 18.8 Å². The molecule has 0 spiro atoms. The van der Waals surface area contributed by atoms with Crippen molar-refractivity contribution in [2.75, 3.05) is 31.2 Å². The first kappa shape index (κ1) is 17.1. The maximum absolute atomic E-state index is 9.31. The van der Waals surface area contributed by atoms with E-state index in [0.717, 1.165) is 23.1 Å². The predicted octanol–water partition coefficient (Wildman–Crippen LogP) is 1.41. The van der Waals surface area contributed by atoms with Gasteiger partial charge in [-0.1, -0.05) is 0 Å². The summed E-state index contributed by atoms with van der Waals surface area (Å²) in [4.78, 5) is 15.2. The van der Waals surface area contributed by atoms with Gasteiger partial charge in [-0.2, -0.15) is 0 Å². The van der Waals surface area contributed by atoms with Crippen molar-refractivity contribution < 1.29 is 19.4 Å². The monoisotopic (exact) mass is 358 g/mol. The van der Waals surface area contributed by atoms with Crippen LogP contribution in [-0.2, 0) is 17.8 Å². The standard InChI is InChI=1S/C18H22N4O4/c1-18(2)8-13-11(9-25-18)7-12-14-15(26-17(12)21-13)16(20-10-19-14)22(3-5-23)4-6-24/h7,10,23-24H,3-6,8-9H2,1-2H3. The molecule has 0 unspecified atom stereocenters. The zero-order valence-electron chi connectivity index (χ0n) is 14.9. The Kier molecular flexibility index (Phi) is 4.26. The van der Waals surface area contributed by atoms with Crippen molar-refractivity contribution in [3.05, 3.63) is 23.7 Å². The molecule has 0 aliphatic carbocycles. The normalized spacial score (nSPS) is 16.2. The third-order valence-corrected chi connectivity index (χ3v) is 4.65. The molecule has 2 N–H and O–H groups in total. The Hall–Kier alpha value is -2.29. The topological polar surface area (TPSA) is 105 Å². The van der Waals surface area contributed by atoms with E-state index < -0.39 is 0 Å². The summed E-state index contributed by atoms with van der Waals surface area (Å²) in [5.41, 5.74) is 3.48. The average molecular weight is 358 g/mol. The van der Waals surface area contributed by atoms with Gasteiger partial charge in [0.05, 0.1) is 36.5 Å². The number of nitrogens with zero attached hydrogens (tertiary/aromatic N) is 4. The number of hydrogen-bond acceptors (Lipinski definition) is 8. The highest BCUT2D eigenvalue weighted by Gasteiger charge is 2.29. The van der Waals surface area contributed by atoms with Crippen molar-refractivity contribution in [3.63, 3.8) is 0 Å². The lowest BCUT2D eigenvalue weighted by atomic mass is 9.95.